The standard InChI is InChI=1S/C19H14N2O5/c22-16(20-15-4-2-1-3-13(15)19(25)26)10-5-8-12-14(9-10)18(24)21(17(12)23)11-6-7-11/h1-5,8-9,11H,6-7H2,(H,20,22)(H,25,26). The summed E-state index contributed by atoms with van der Waals surface area (Å²) in [5.74, 6) is -2.41. The van der Waals surface area contributed by atoms with Crippen LogP contribution in [0.1, 0.15) is 54.3 Å². The van der Waals surface area contributed by atoms with Crippen LogP contribution in [0, 0.1) is 0 Å². The zero-order chi connectivity index (χ0) is 18.4. The first-order chi connectivity index (χ1) is 12.5. The number of hydrogen-bond acceptors (Lipinski definition) is 4. The summed E-state index contributed by atoms with van der Waals surface area (Å²) in [6.07, 6.45) is 1.62. The van der Waals surface area contributed by atoms with Crippen molar-refractivity contribution in [3.05, 3.63) is 64.7 Å². The maximum atomic E-state index is 12.5. The first-order valence-electron chi connectivity index (χ1n) is 8.13. The molecule has 7 nitrogen and oxygen atoms in total. The van der Waals surface area contributed by atoms with Gasteiger partial charge in [-0.15, -0.1) is 0 Å². The highest BCUT2D eigenvalue weighted by Crippen LogP contribution is 2.35. The zero-order valence-electron chi connectivity index (χ0n) is 13.6. The minimum Gasteiger partial charge on any atom is -0.478 e. The van der Waals surface area contributed by atoms with E-state index in [2.05, 4.69) is 5.32 Å². The average molecular weight is 350 g/mol. The number of carbonyl (C=O) groups is 4. The van der Waals surface area contributed by atoms with Crippen molar-refractivity contribution < 1.29 is 24.3 Å². The second-order valence-electron chi connectivity index (χ2n) is 6.28. The number of aromatic carboxylic acids is 1. The number of benzene rings is 2. The molecule has 0 bridgehead atoms. The number of carbonyl (C=O) groups excluding carboxylic acids is 3. The van der Waals surface area contributed by atoms with Crippen LogP contribution in [0.25, 0.3) is 0 Å². The molecule has 130 valence electrons. The van der Waals surface area contributed by atoms with Crippen LogP contribution in [0.15, 0.2) is 42.5 Å². The molecule has 2 aromatic carbocycles. The molecule has 1 fully saturated rings. The molecule has 0 spiro atoms. The molecule has 3 amide bonds. The summed E-state index contributed by atoms with van der Waals surface area (Å²) in [7, 11) is 0. The van der Waals surface area contributed by atoms with E-state index in [9.17, 15) is 24.3 Å². The molecule has 0 aromatic heterocycles. The van der Waals surface area contributed by atoms with E-state index in [0.717, 1.165) is 12.8 Å². The van der Waals surface area contributed by atoms with E-state index in [1.54, 1.807) is 12.1 Å². The second-order valence-corrected chi connectivity index (χ2v) is 6.28. The summed E-state index contributed by atoms with van der Waals surface area (Å²) in [6.45, 7) is 0. The fourth-order valence-corrected chi connectivity index (χ4v) is 3.04. The van der Waals surface area contributed by atoms with Crippen molar-refractivity contribution in [1.82, 2.24) is 4.90 Å². The van der Waals surface area contributed by atoms with Crippen LogP contribution >= 0.6 is 0 Å². The number of hydrogen-bond donors (Lipinski definition) is 2. The topological polar surface area (TPSA) is 104 Å². The minimum absolute atomic E-state index is 0.0341. The molecule has 0 radical (unpaired) electrons. The summed E-state index contributed by atoms with van der Waals surface area (Å²) in [5.41, 5.74) is 0.814. The molecule has 1 heterocycles. The molecular formula is C19H14N2O5. The summed E-state index contributed by atoms with van der Waals surface area (Å²) < 4.78 is 0. The van der Waals surface area contributed by atoms with Gasteiger partial charge in [0.15, 0.2) is 0 Å². The first-order valence-corrected chi connectivity index (χ1v) is 8.13. The minimum atomic E-state index is -1.16. The molecule has 1 aliphatic heterocycles. The number of para-hydroxylation sites is 1. The summed E-state index contributed by atoms with van der Waals surface area (Å²) >= 11 is 0. The van der Waals surface area contributed by atoms with E-state index in [1.807, 2.05) is 0 Å². The Morgan fingerprint density at radius 2 is 1.69 bits per heavy atom. The Hall–Kier alpha value is -3.48. The predicted octanol–water partition coefficient (Wildman–Crippen LogP) is 2.40. The molecule has 1 aliphatic carbocycles. The number of fused-ring (bicyclic) bond motifs is 1. The Morgan fingerprint density at radius 1 is 1.00 bits per heavy atom. The molecule has 2 N–H and O–H groups in total. The van der Waals surface area contributed by atoms with Gasteiger partial charge in [-0.05, 0) is 43.2 Å². The summed E-state index contributed by atoms with van der Waals surface area (Å²) in [5, 5.41) is 11.7. The fourth-order valence-electron chi connectivity index (χ4n) is 3.04. The van der Waals surface area contributed by atoms with Gasteiger partial charge in [-0.3, -0.25) is 19.3 Å². The van der Waals surface area contributed by atoms with E-state index >= 15 is 0 Å². The van der Waals surface area contributed by atoms with Gasteiger partial charge >= 0.3 is 5.97 Å². The lowest BCUT2D eigenvalue weighted by Crippen LogP contribution is -2.31. The molecule has 7 heteroatoms. The van der Waals surface area contributed by atoms with Crippen molar-refractivity contribution in [2.45, 2.75) is 18.9 Å². The van der Waals surface area contributed by atoms with Gasteiger partial charge in [-0.25, -0.2) is 4.79 Å². The lowest BCUT2D eigenvalue weighted by molar-refractivity contribution is 0.0639. The Kier molecular flexibility index (Phi) is 3.57. The smallest absolute Gasteiger partial charge is 0.337 e. The molecule has 2 aliphatic rings. The van der Waals surface area contributed by atoms with Crippen molar-refractivity contribution in [1.29, 1.82) is 0 Å². The first kappa shape index (κ1) is 16.0. The zero-order valence-corrected chi connectivity index (χ0v) is 13.6. The Morgan fingerprint density at radius 3 is 2.38 bits per heavy atom. The van der Waals surface area contributed by atoms with Crippen LogP contribution in [-0.4, -0.2) is 39.7 Å². The van der Waals surface area contributed by atoms with Gasteiger partial charge in [-0.1, -0.05) is 12.1 Å². The van der Waals surface area contributed by atoms with Gasteiger partial charge < -0.3 is 10.4 Å². The van der Waals surface area contributed by atoms with Gasteiger partial charge in [-0.2, -0.15) is 0 Å². The van der Waals surface area contributed by atoms with E-state index < -0.39 is 11.9 Å². The average Bonchev–Trinajstić information content (AvgIpc) is 3.42. The second kappa shape index (κ2) is 5.80. The maximum absolute atomic E-state index is 12.5. The maximum Gasteiger partial charge on any atom is 0.337 e. The van der Waals surface area contributed by atoms with Crippen LogP contribution < -0.4 is 5.32 Å². The number of nitrogens with zero attached hydrogens (tertiary/aromatic N) is 1. The number of nitrogens with one attached hydrogen (secondary N) is 1. The molecule has 0 atom stereocenters. The van der Waals surface area contributed by atoms with Crippen molar-refractivity contribution in [2.75, 3.05) is 5.32 Å². The van der Waals surface area contributed by atoms with Crippen LogP contribution in [0.4, 0.5) is 5.69 Å². The molecular weight excluding hydrogens is 336 g/mol. The van der Waals surface area contributed by atoms with Crippen molar-refractivity contribution in [3.8, 4) is 0 Å². The van der Waals surface area contributed by atoms with E-state index in [0.29, 0.717) is 5.56 Å². The van der Waals surface area contributed by atoms with Gasteiger partial charge in [0, 0.05) is 11.6 Å². The molecule has 0 saturated heterocycles. The molecule has 1 saturated carbocycles. The van der Waals surface area contributed by atoms with Crippen LogP contribution in [-0.2, 0) is 0 Å². The van der Waals surface area contributed by atoms with Crippen molar-refractivity contribution >= 4 is 29.4 Å². The van der Waals surface area contributed by atoms with Crippen molar-refractivity contribution in [2.24, 2.45) is 0 Å². The highest BCUT2D eigenvalue weighted by molar-refractivity contribution is 6.22. The van der Waals surface area contributed by atoms with Crippen LogP contribution in [0.2, 0.25) is 0 Å². The van der Waals surface area contributed by atoms with Gasteiger partial charge in [0.1, 0.15) is 0 Å². The highest BCUT2D eigenvalue weighted by Gasteiger charge is 2.44. The Bertz CT molecular complexity index is 978. The third-order valence-electron chi connectivity index (χ3n) is 4.50. The number of rotatable bonds is 4. The fraction of sp³-hybridized carbons (Fsp3) is 0.158. The van der Waals surface area contributed by atoms with E-state index in [-0.39, 0.29) is 40.2 Å². The molecule has 2 aromatic rings. The molecule has 0 unspecified atom stereocenters. The van der Waals surface area contributed by atoms with Gasteiger partial charge in [0.2, 0.25) is 0 Å². The Labute approximate surface area is 148 Å². The third-order valence-corrected chi connectivity index (χ3v) is 4.50. The van der Waals surface area contributed by atoms with Gasteiger partial charge in [0.05, 0.1) is 22.4 Å². The number of carboxylic acids is 1. The Balaban J connectivity index is 1.62. The number of anilines is 1. The van der Waals surface area contributed by atoms with E-state index in [1.165, 1.54) is 35.2 Å². The normalized spacial score (nSPS) is 15.8. The monoisotopic (exact) mass is 350 g/mol. The third kappa shape index (κ3) is 2.54. The number of amides is 3. The highest BCUT2D eigenvalue weighted by atomic mass is 16.4. The summed E-state index contributed by atoms with van der Waals surface area (Å²) in [4.78, 5) is 49.8. The van der Waals surface area contributed by atoms with Crippen LogP contribution in [0.5, 0.6) is 0 Å². The van der Waals surface area contributed by atoms with Crippen molar-refractivity contribution in [3.63, 3.8) is 0 Å². The lowest BCUT2D eigenvalue weighted by Gasteiger charge is -2.11. The number of imide groups is 1. The SMILES string of the molecule is O=C(Nc1ccccc1C(=O)O)c1ccc2c(c1)C(=O)N(C1CC1)C2=O. The number of carboxylic acid groups (broad SMARTS) is 1. The van der Waals surface area contributed by atoms with E-state index in [4.69, 9.17) is 0 Å². The van der Waals surface area contributed by atoms with Crippen LogP contribution in [0.3, 0.4) is 0 Å². The predicted molar refractivity (Wildman–Crippen MR) is 91.3 cm³/mol. The molecule has 26 heavy (non-hydrogen) atoms. The largest absolute Gasteiger partial charge is 0.478 e. The quantitative estimate of drug-likeness (QED) is 0.824. The lowest BCUT2D eigenvalue weighted by atomic mass is 10.0. The van der Waals surface area contributed by atoms with Gasteiger partial charge in [0.25, 0.3) is 17.7 Å². The molecule has 4 rings (SSSR count). The summed E-state index contributed by atoms with van der Waals surface area (Å²) in [6, 6.07) is 10.3.